The van der Waals surface area contributed by atoms with Gasteiger partial charge in [-0.05, 0) is 48.5 Å². The number of carbonyl (C=O) groups excluding carboxylic acids is 1. The second-order valence-electron chi connectivity index (χ2n) is 9.35. The number of nitrogens with zero attached hydrogens (tertiary/aromatic N) is 5. The molecular weight excluding hydrogens is 573 g/mol. The Balaban J connectivity index is 1.63. The van der Waals surface area contributed by atoms with Gasteiger partial charge >= 0.3 is 0 Å². The van der Waals surface area contributed by atoms with Crippen LogP contribution in [0.25, 0.3) is 11.2 Å². The third kappa shape index (κ3) is 6.13. The number of carbonyl (C=O) groups is 1. The predicted molar refractivity (Wildman–Crippen MR) is 173 cm³/mol. The van der Waals surface area contributed by atoms with Crippen molar-refractivity contribution in [2.24, 2.45) is 0 Å². The minimum absolute atomic E-state index is 0.0796. The molecule has 0 saturated carbocycles. The van der Waals surface area contributed by atoms with E-state index in [-0.39, 0.29) is 23.3 Å². The van der Waals surface area contributed by atoms with Gasteiger partial charge in [0.1, 0.15) is 22.7 Å². The molecule has 0 aliphatic carbocycles. The second-order valence-corrected chi connectivity index (χ2v) is 12.1. The Hall–Kier alpha value is -3.37. The molecule has 0 aliphatic rings. The van der Waals surface area contributed by atoms with Gasteiger partial charge < -0.3 is 19.4 Å². The van der Waals surface area contributed by atoms with Crippen molar-refractivity contribution in [2.45, 2.75) is 38.4 Å². The number of methoxy groups -OCH3 is 1. The molecule has 1 amide bonds. The molecule has 12 heteroatoms. The quantitative estimate of drug-likeness (QED) is 0.225. The maximum absolute atomic E-state index is 13.4. The fourth-order valence-corrected chi connectivity index (χ4v) is 5.55. The van der Waals surface area contributed by atoms with Crippen LogP contribution < -0.4 is 20.1 Å². The molecule has 212 valence electrons. The number of imidazole rings is 1. The number of pyridine rings is 1. The van der Waals surface area contributed by atoms with Crippen molar-refractivity contribution in [1.29, 1.82) is 0 Å². The first-order chi connectivity index (χ1) is 19.8. The van der Waals surface area contributed by atoms with Gasteiger partial charge in [0.2, 0.25) is 5.88 Å². The number of anilines is 1. The topological polar surface area (TPSA) is 96.1 Å². The molecular formula is C29H33N6O3P3. The Labute approximate surface area is 246 Å². The summed E-state index contributed by atoms with van der Waals surface area (Å²) in [6.07, 6.45) is 3.40. The average Bonchev–Trinajstić information content (AvgIpc) is 3.57. The lowest BCUT2D eigenvalue weighted by molar-refractivity contribution is 0.102. The van der Waals surface area contributed by atoms with Crippen LogP contribution in [0, 0.1) is 0 Å². The zero-order valence-electron chi connectivity index (χ0n) is 23.1. The molecule has 4 atom stereocenters. The van der Waals surface area contributed by atoms with Gasteiger partial charge in [0, 0.05) is 19.3 Å². The van der Waals surface area contributed by atoms with Crippen LogP contribution in [0.2, 0.25) is 0 Å². The van der Waals surface area contributed by atoms with E-state index in [1.165, 1.54) is 7.11 Å². The van der Waals surface area contributed by atoms with Gasteiger partial charge in [-0.1, -0.05) is 54.9 Å². The Morgan fingerprint density at radius 3 is 2.44 bits per heavy atom. The molecule has 2 aromatic carbocycles. The largest absolute Gasteiger partial charge is 0.483 e. The Morgan fingerprint density at radius 1 is 1.05 bits per heavy atom. The molecule has 1 N–H and O–H groups in total. The summed E-state index contributed by atoms with van der Waals surface area (Å²) in [5.41, 5.74) is 4.25. The summed E-state index contributed by atoms with van der Waals surface area (Å²) >= 11 is 0. The highest BCUT2D eigenvalue weighted by molar-refractivity contribution is 7.37. The predicted octanol–water partition coefficient (Wildman–Crippen LogP) is 5.02. The van der Waals surface area contributed by atoms with Crippen LogP contribution in [0.5, 0.6) is 11.6 Å². The molecule has 0 aliphatic heterocycles. The van der Waals surface area contributed by atoms with E-state index in [0.29, 0.717) is 30.0 Å². The van der Waals surface area contributed by atoms with Gasteiger partial charge in [0.05, 0.1) is 30.4 Å². The molecule has 0 bridgehead atoms. The van der Waals surface area contributed by atoms with Crippen LogP contribution in [-0.4, -0.2) is 42.9 Å². The fraction of sp³-hybridized carbons (Fsp3) is 0.241. The van der Waals surface area contributed by atoms with Crippen LogP contribution in [0.4, 0.5) is 5.69 Å². The number of amides is 1. The third-order valence-electron chi connectivity index (χ3n) is 6.76. The highest BCUT2D eigenvalue weighted by Gasteiger charge is 2.27. The lowest BCUT2D eigenvalue weighted by Gasteiger charge is -2.21. The van der Waals surface area contributed by atoms with Crippen molar-refractivity contribution in [3.8, 4) is 11.6 Å². The first kappa shape index (κ1) is 29.1. The molecule has 4 unspecified atom stereocenters. The number of fused-ring (bicyclic) bond motifs is 1. The highest BCUT2D eigenvalue weighted by atomic mass is 31.1. The van der Waals surface area contributed by atoms with E-state index in [1.807, 2.05) is 31.2 Å². The molecule has 5 rings (SSSR count). The van der Waals surface area contributed by atoms with Crippen LogP contribution in [-0.2, 0) is 13.1 Å². The molecule has 0 spiro atoms. The molecule has 0 fully saturated rings. The normalized spacial score (nSPS) is 12.1. The molecule has 0 radical (unpaired) electrons. The molecule has 3 aromatic heterocycles. The fourth-order valence-electron chi connectivity index (χ4n) is 4.86. The average molecular weight is 607 g/mol. The Bertz CT molecular complexity index is 1680. The maximum atomic E-state index is 13.4. The number of hydrogen-bond donors (Lipinski definition) is 1. The summed E-state index contributed by atoms with van der Waals surface area (Å²) in [6, 6.07) is 18.1. The van der Waals surface area contributed by atoms with Gasteiger partial charge in [-0.2, -0.15) is 10.1 Å². The number of ether oxygens (including phenoxy) is 2. The van der Waals surface area contributed by atoms with Crippen LogP contribution in [0.1, 0.15) is 47.1 Å². The minimum atomic E-state index is -0.332. The summed E-state index contributed by atoms with van der Waals surface area (Å²) in [5, 5.41) is 8.22. The highest BCUT2D eigenvalue weighted by Crippen LogP contribution is 2.35. The minimum Gasteiger partial charge on any atom is -0.483 e. The zero-order chi connectivity index (χ0) is 29.1. The first-order valence-electron chi connectivity index (χ1n) is 13.2. The van der Waals surface area contributed by atoms with Gasteiger partial charge in [0.25, 0.3) is 5.91 Å². The summed E-state index contributed by atoms with van der Waals surface area (Å²) in [7, 11) is 9.57. The Kier molecular flexibility index (Phi) is 8.99. The first-order valence-corrected chi connectivity index (χ1v) is 15.1. The van der Waals surface area contributed by atoms with Crippen molar-refractivity contribution in [3.05, 3.63) is 89.5 Å². The zero-order valence-corrected chi connectivity index (χ0v) is 26.6. The van der Waals surface area contributed by atoms with E-state index in [1.54, 1.807) is 23.1 Å². The van der Waals surface area contributed by atoms with Crippen molar-refractivity contribution in [3.63, 3.8) is 0 Å². The molecule has 3 heterocycles. The van der Waals surface area contributed by atoms with Crippen molar-refractivity contribution < 1.29 is 14.3 Å². The molecule has 41 heavy (non-hydrogen) atoms. The van der Waals surface area contributed by atoms with Crippen molar-refractivity contribution in [2.75, 3.05) is 12.4 Å². The lowest BCUT2D eigenvalue weighted by Crippen LogP contribution is -2.16. The van der Waals surface area contributed by atoms with E-state index in [2.05, 4.69) is 78.9 Å². The number of aromatic nitrogens is 5. The monoisotopic (exact) mass is 606 g/mol. The van der Waals surface area contributed by atoms with E-state index < -0.39 is 0 Å². The van der Waals surface area contributed by atoms with Gasteiger partial charge in [-0.15, -0.1) is 9.24 Å². The van der Waals surface area contributed by atoms with E-state index in [4.69, 9.17) is 14.5 Å². The summed E-state index contributed by atoms with van der Waals surface area (Å²) in [6.45, 7) is 5.38. The summed E-state index contributed by atoms with van der Waals surface area (Å²) in [5.74, 6) is 1.27. The molecule has 5 aromatic rings. The Morgan fingerprint density at radius 2 is 1.80 bits per heavy atom. The number of benzene rings is 2. The standard InChI is InChI=1S/C29H33N6O3P3/c1-4-34-16-18(15-30-34)31-27(36)21-14-22-25(33-28(21)37-3)32-26(35(22)5-2)24(20-8-6-7-9-23(20)39)17-10-12-19(13-11-17)38-29(40)41/h6-16,24,29H,4-5,39-41H2,1-3H3,(H,31,36). The van der Waals surface area contributed by atoms with Crippen LogP contribution in [0.15, 0.2) is 67.0 Å². The third-order valence-corrected chi connectivity index (χ3v) is 7.55. The number of hydrogen-bond acceptors (Lipinski definition) is 6. The van der Waals surface area contributed by atoms with Gasteiger partial charge in [-0.25, -0.2) is 4.98 Å². The van der Waals surface area contributed by atoms with Crippen LogP contribution in [0.3, 0.4) is 0 Å². The van der Waals surface area contributed by atoms with Crippen molar-refractivity contribution in [1.82, 2.24) is 24.3 Å². The SMILES string of the molecule is CCn1cc(NC(=O)c2cc3c(nc2OC)nc(C(c2ccc(OC(P)P)cc2)c2ccccc2P)n3CC)cn1. The van der Waals surface area contributed by atoms with Gasteiger partial charge in [0.15, 0.2) is 5.65 Å². The summed E-state index contributed by atoms with van der Waals surface area (Å²) in [4.78, 5) is 23.1. The number of aryl methyl sites for hydroxylation is 2. The lowest BCUT2D eigenvalue weighted by atomic mass is 9.90. The van der Waals surface area contributed by atoms with Crippen LogP contribution >= 0.6 is 27.7 Å². The van der Waals surface area contributed by atoms with Crippen molar-refractivity contribution >= 4 is 55.8 Å². The number of rotatable bonds is 10. The summed E-state index contributed by atoms with van der Waals surface area (Å²) < 4.78 is 15.2. The van der Waals surface area contributed by atoms with E-state index >= 15 is 0 Å². The second kappa shape index (κ2) is 12.7. The van der Waals surface area contributed by atoms with E-state index in [0.717, 1.165) is 33.5 Å². The molecule has 0 saturated heterocycles. The van der Waals surface area contributed by atoms with Gasteiger partial charge in [-0.3, -0.25) is 9.48 Å². The van der Waals surface area contributed by atoms with E-state index in [9.17, 15) is 4.79 Å². The smallest absolute Gasteiger partial charge is 0.261 e. The number of nitrogens with one attached hydrogen (secondary N) is 1. The maximum Gasteiger partial charge on any atom is 0.261 e. The molecule has 9 nitrogen and oxygen atoms in total.